The van der Waals surface area contributed by atoms with Gasteiger partial charge in [-0.25, -0.2) is 0 Å². The van der Waals surface area contributed by atoms with E-state index in [-0.39, 0.29) is 40.9 Å². The van der Waals surface area contributed by atoms with Crippen LogP contribution in [0.1, 0.15) is 120 Å². The monoisotopic (exact) mass is 578 g/mol. The van der Waals surface area contributed by atoms with Crippen LogP contribution in [0.25, 0.3) is 0 Å². The van der Waals surface area contributed by atoms with E-state index in [0.29, 0.717) is 24.3 Å². The second kappa shape index (κ2) is 10.1. The molecule has 0 spiro atoms. The molecule has 1 unspecified atom stereocenters. The van der Waals surface area contributed by atoms with Crippen LogP contribution in [-0.2, 0) is 22.4 Å². The summed E-state index contributed by atoms with van der Waals surface area (Å²) >= 11 is 0. The van der Waals surface area contributed by atoms with Crippen molar-refractivity contribution in [3.05, 3.63) is 51.0 Å². The number of carbonyl (C=O) groups is 3. The molecule has 0 amide bonds. The number of Topliss-reactive ketones (excluding diaryl/α,β-unsaturated/α-hetero) is 3. The average molecular weight is 579 g/mol. The third kappa shape index (κ3) is 4.05. The number of hydrogen-bond donors (Lipinski definition) is 4. The van der Waals surface area contributed by atoms with Crippen LogP contribution in [0.5, 0.6) is 5.75 Å². The summed E-state index contributed by atoms with van der Waals surface area (Å²) in [5, 5.41) is 47.0. The maximum Gasteiger partial charge on any atom is 0.209 e. The molecule has 228 valence electrons. The number of aliphatic hydroxyl groups excluding tert-OH is 2. The van der Waals surface area contributed by atoms with Gasteiger partial charge in [0.1, 0.15) is 22.8 Å². The Hall–Kier alpha value is -2.93. The van der Waals surface area contributed by atoms with E-state index in [1.54, 1.807) is 6.92 Å². The molecular weight excluding hydrogens is 532 g/mol. The molecule has 7 nitrogen and oxygen atoms in total. The number of hydrogen-bond acceptors (Lipinski definition) is 7. The van der Waals surface area contributed by atoms with Crippen LogP contribution in [0.3, 0.4) is 0 Å². The highest BCUT2D eigenvalue weighted by Gasteiger charge is 2.71. The molecule has 0 saturated heterocycles. The molecule has 1 aromatic carbocycles. The fourth-order valence-corrected chi connectivity index (χ4v) is 9.25. The van der Waals surface area contributed by atoms with Crippen molar-refractivity contribution in [1.82, 2.24) is 0 Å². The van der Waals surface area contributed by atoms with E-state index in [1.165, 1.54) is 25.7 Å². The number of benzene rings is 1. The fourth-order valence-electron chi connectivity index (χ4n) is 9.25. The van der Waals surface area contributed by atoms with Gasteiger partial charge < -0.3 is 20.4 Å². The number of aryl methyl sites for hydroxylation is 1. The van der Waals surface area contributed by atoms with Crippen molar-refractivity contribution >= 4 is 17.3 Å². The summed E-state index contributed by atoms with van der Waals surface area (Å²) in [6, 6.07) is 2.04. The molecule has 4 atom stereocenters. The molecule has 1 saturated carbocycles. The lowest BCUT2D eigenvalue weighted by atomic mass is 9.44. The van der Waals surface area contributed by atoms with Crippen LogP contribution in [0.2, 0.25) is 0 Å². The third-order valence-electron chi connectivity index (χ3n) is 11.0. The molecule has 0 aromatic heterocycles. The van der Waals surface area contributed by atoms with Crippen LogP contribution in [-0.4, -0.2) is 43.4 Å². The minimum atomic E-state index is -2.59. The van der Waals surface area contributed by atoms with Gasteiger partial charge in [-0.2, -0.15) is 0 Å². The van der Waals surface area contributed by atoms with Crippen molar-refractivity contribution in [1.29, 1.82) is 0 Å². The quantitative estimate of drug-likeness (QED) is 0.280. The van der Waals surface area contributed by atoms with Crippen molar-refractivity contribution in [3.8, 4) is 5.75 Å². The zero-order valence-electron chi connectivity index (χ0n) is 26.1. The summed E-state index contributed by atoms with van der Waals surface area (Å²) in [5.41, 5.74) is -3.07. The SMILES string of the molecule is CC(=O)C1=C(O)C(C(C)C)[C@@]2(C)C[C@@]3(C)Cc4c(C(C)C)cc(CCC5CCCC5)c(O)c4C(=O)C3=C(O)[C@@]2(O)C1=O. The van der Waals surface area contributed by atoms with Crippen LogP contribution in [0.4, 0.5) is 0 Å². The highest BCUT2D eigenvalue weighted by atomic mass is 16.3. The van der Waals surface area contributed by atoms with Gasteiger partial charge in [0.2, 0.25) is 5.78 Å². The number of carbonyl (C=O) groups excluding carboxylic acids is 3. The summed E-state index contributed by atoms with van der Waals surface area (Å²) in [6.07, 6.45) is 6.78. The lowest BCUT2D eigenvalue weighted by Gasteiger charge is -2.59. The van der Waals surface area contributed by atoms with Crippen molar-refractivity contribution < 1.29 is 34.8 Å². The summed E-state index contributed by atoms with van der Waals surface area (Å²) in [6.45, 7) is 12.4. The predicted octanol–water partition coefficient (Wildman–Crippen LogP) is 6.59. The molecule has 1 aromatic rings. The summed E-state index contributed by atoms with van der Waals surface area (Å²) in [4.78, 5) is 40.9. The smallest absolute Gasteiger partial charge is 0.209 e. The van der Waals surface area contributed by atoms with E-state index in [4.69, 9.17) is 0 Å². The normalized spacial score (nSPS) is 31.6. The molecular formula is C35H46O7. The Morgan fingerprint density at radius 2 is 1.67 bits per heavy atom. The van der Waals surface area contributed by atoms with Crippen LogP contribution >= 0.6 is 0 Å². The predicted molar refractivity (Wildman–Crippen MR) is 160 cm³/mol. The first kappa shape index (κ1) is 30.5. The number of fused-ring (bicyclic) bond motifs is 3. The van der Waals surface area contributed by atoms with Gasteiger partial charge in [0, 0.05) is 22.3 Å². The van der Waals surface area contributed by atoms with Crippen LogP contribution in [0, 0.1) is 28.6 Å². The first-order valence-corrected chi connectivity index (χ1v) is 15.6. The Morgan fingerprint density at radius 3 is 2.21 bits per heavy atom. The van der Waals surface area contributed by atoms with E-state index in [2.05, 4.69) is 13.8 Å². The lowest BCUT2D eigenvalue weighted by molar-refractivity contribution is -0.171. The fraction of sp³-hybridized carbons (Fsp3) is 0.629. The van der Waals surface area contributed by atoms with Gasteiger partial charge in [0.25, 0.3) is 0 Å². The highest BCUT2D eigenvalue weighted by molar-refractivity contribution is 6.25. The topological polar surface area (TPSA) is 132 Å². The maximum atomic E-state index is 14.5. The Bertz CT molecular complexity index is 1440. The number of ketones is 3. The third-order valence-corrected chi connectivity index (χ3v) is 11.0. The molecule has 4 aliphatic carbocycles. The molecule has 0 aliphatic heterocycles. The van der Waals surface area contributed by atoms with E-state index < -0.39 is 51.0 Å². The van der Waals surface area contributed by atoms with Gasteiger partial charge in [-0.15, -0.1) is 0 Å². The largest absolute Gasteiger partial charge is 0.511 e. The Balaban J connectivity index is 1.73. The van der Waals surface area contributed by atoms with Crippen LogP contribution in [0.15, 0.2) is 28.7 Å². The average Bonchev–Trinajstić information content (AvgIpc) is 3.39. The number of allylic oxidation sites excluding steroid dienone is 2. The number of phenolic OH excluding ortho intramolecular Hbond substituents is 1. The van der Waals surface area contributed by atoms with Gasteiger partial charge in [-0.3, -0.25) is 14.4 Å². The van der Waals surface area contributed by atoms with E-state index in [1.807, 2.05) is 26.8 Å². The first-order valence-electron chi connectivity index (χ1n) is 15.6. The second-order valence-electron chi connectivity index (χ2n) is 14.6. The molecule has 0 heterocycles. The maximum absolute atomic E-state index is 14.5. The number of aromatic hydroxyl groups is 1. The molecule has 7 heteroatoms. The molecule has 0 bridgehead atoms. The van der Waals surface area contributed by atoms with Crippen molar-refractivity contribution in [2.24, 2.45) is 28.6 Å². The standard InChI is InChI=1S/C35H46O7/c1-17(2)22-14-21(13-12-20-10-8-9-11-20)28(37)25-23(22)15-33(6)16-34(7)26(18(3)4)29(38)24(19(5)36)31(40)35(34,42)32(41)27(33)30(25)39/h14,17-18,20,26,37-38,41-42H,8-13,15-16H2,1-7H3/t26?,33-,34-,35+/m1/s1. The zero-order chi connectivity index (χ0) is 31.1. The first-order chi connectivity index (χ1) is 19.5. The zero-order valence-corrected chi connectivity index (χ0v) is 26.1. The molecule has 4 N–H and O–H groups in total. The number of rotatable bonds is 6. The molecule has 0 radical (unpaired) electrons. The van der Waals surface area contributed by atoms with Crippen molar-refractivity contribution in [2.45, 2.75) is 111 Å². The minimum Gasteiger partial charge on any atom is -0.511 e. The minimum absolute atomic E-state index is 0.0704. The Morgan fingerprint density at radius 1 is 1.05 bits per heavy atom. The molecule has 5 rings (SSSR count). The molecule has 4 aliphatic rings. The second-order valence-corrected chi connectivity index (χ2v) is 14.6. The van der Waals surface area contributed by atoms with E-state index in [9.17, 15) is 34.8 Å². The van der Waals surface area contributed by atoms with Crippen LogP contribution < -0.4 is 0 Å². The van der Waals surface area contributed by atoms with E-state index in [0.717, 1.165) is 24.5 Å². The number of aliphatic hydroxyl groups is 3. The molecule has 1 fully saturated rings. The Labute approximate surface area is 248 Å². The highest BCUT2D eigenvalue weighted by Crippen LogP contribution is 2.65. The van der Waals surface area contributed by atoms with Gasteiger partial charge in [0.05, 0.1) is 5.56 Å². The van der Waals surface area contributed by atoms with Crippen molar-refractivity contribution in [2.75, 3.05) is 0 Å². The van der Waals surface area contributed by atoms with Crippen molar-refractivity contribution in [3.63, 3.8) is 0 Å². The van der Waals surface area contributed by atoms with Gasteiger partial charge in [0.15, 0.2) is 17.2 Å². The lowest BCUT2D eigenvalue weighted by Crippen LogP contribution is -2.67. The van der Waals surface area contributed by atoms with Gasteiger partial charge >= 0.3 is 0 Å². The summed E-state index contributed by atoms with van der Waals surface area (Å²) in [5.74, 6) is -4.07. The Kier molecular flexibility index (Phi) is 7.32. The van der Waals surface area contributed by atoms with Gasteiger partial charge in [-0.05, 0) is 67.1 Å². The summed E-state index contributed by atoms with van der Waals surface area (Å²) < 4.78 is 0. The molecule has 42 heavy (non-hydrogen) atoms. The van der Waals surface area contributed by atoms with E-state index >= 15 is 0 Å². The number of phenols is 1. The van der Waals surface area contributed by atoms with Gasteiger partial charge in [-0.1, -0.05) is 73.3 Å². The summed E-state index contributed by atoms with van der Waals surface area (Å²) in [7, 11) is 0.